The Balaban J connectivity index is 2.92. The van der Waals surface area contributed by atoms with Crippen LogP contribution in [-0.4, -0.2) is 14.9 Å². The third kappa shape index (κ3) is 0.767. The molecule has 0 aliphatic rings. The largest absolute Gasteiger partial charge is 0.427 e. The van der Waals surface area contributed by atoms with Crippen molar-refractivity contribution in [2.45, 2.75) is 5.88 Å². The van der Waals surface area contributed by atoms with Gasteiger partial charge in [-0.05, 0) is 0 Å². The molecule has 4 heteroatoms. The number of hydrogen-bond donors (Lipinski definition) is 1. The third-order valence-electron chi connectivity index (χ3n) is 0.815. The first-order chi connectivity index (χ1) is 3.84. The highest BCUT2D eigenvalue weighted by atomic mass is 35.5. The van der Waals surface area contributed by atoms with Gasteiger partial charge in [0, 0.05) is 6.20 Å². The van der Waals surface area contributed by atoms with Crippen LogP contribution in [0.4, 0.5) is 0 Å². The summed E-state index contributed by atoms with van der Waals surface area (Å²) in [5, 5.41) is 8.72. The van der Waals surface area contributed by atoms with E-state index in [-0.39, 0.29) is 5.88 Å². The van der Waals surface area contributed by atoms with Crippen molar-refractivity contribution in [1.29, 1.82) is 0 Å². The van der Waals surface area contributed by atoms with E-state index in [0.717, 1.165) is 4.73 Å². The summed E-state index contributed by atoms with van der Waals surface area (Å²) in [6.45, 7) is 0. The number of aromatic nitrogens is 2. The molecule has 1 heterocycles. The second kappa shape index (κ2) is 2.05. The van der Waals surface area contributed by atoms with Crippen molar-refractivity contribution in [3.8, 4) is 0 Å². The van der Waals surface area contributed by atoms with Gasteiger partial charge < -0.3 is 5.21 Å². The summed E-state index contributed by atoms with van der Waals surface area (Å²) in [6.07, 6.45) is 2.91. The molecular formula is C4H5ClN2O. The fraction of sp³-hybridized carbons (Fsp3) is 0.250. The van der Waals surface area contributed by atoms with Gasteiger partial charge in [-0.1, -0.05) is 0 Å². The quantitative estimate of drug-likeness (QED) is 0.455. The summed E-state index contributed by atoms with van der Waals surface area (Å²) in [5.41, 5.74) is 0. The van der Waals surface area contributed by atoms with Gasteiger partial charge in [0.05, 0.1) is 12.1 Å². The van der Waals surface area contributed by atoms with Crippen LogP contribution in [0.2, 0.25) is 0 Å². The van der Waals surface area contributed by atoms with E-state index < -0.39 is 0 Å². The lowest BCUT2D eigenvalue weighted by Gasteiger charge is -1.90. The van der Waals surface area contributed by atoms with Crippen LogP contribution in [0.3, 0.4) is 0 Å². The number of rotatable bonds is 1. The van der Waals surface area contributed by atoms with Gasteiger partial charge in [-0.15, -0.1) is 11.6 Å². The predicted molar refractivity (Wildman–Crippen MR) is 29.0 cm³/mol. The molecule has 8 heavy (non-hydrogen) atoms. The lowest BCUT2D eigenvalue weighted by Crippen LogP contribution is -1.93. The first-order valence-electron chi connectivity index (χ1n) is 2.12. The van der Waals surface area contributed by atoms with E-state index in [1.54, 1.807) is 0 Å². The van der Waals surface area contributed by atoms with Crippen molar-refractivity contribution in [3.05, 3.63) is 18.2 Å². The predicted octanol–water partition coefficient (Wildman–Crippen LogP) is 0.859. The van der Waals surface area contributed by atoms with Crippen LogP contribution < -0.4 is 0 Å². The summed E-state index contributed by atoms with van der Waals surface area (Å²) in [5.74, 6) is 0.704. The standard InChI is InChI=1S/C4H5ClN2O/c5-3-4-6-1-2-7(4)8/h1-2,8H,3H2. The SMILES string of the molecule is On1ccnc1CCl. The van der Waals surface area contributed by atoms with Gasteiger partial charge in [-0.25, -0.2) is 4.98 Å². The zero-order valence-corrected chi connectivity index (χ0v) is 4.84. The average molecular weight is 133 g/mol. The van der Waals surface area contributed by atoms with E-state index in [2.05, 4.69) is 4.98 Å². The van der Waals surface area contributed by atoms with Gasteiger partial charge in [0.15, 0.2) is 5.82 Å². The lowest BCUT2D eigenvalue weighted by atomic mass is 10.7. The van der Waals surface area contributed by atoms with E-state index in [4.69, 9.17) is 16.8 Å². The Kier molecular flexibility index (Phi) is 1.39. The van der Waals surface area contributed by atoms with Crippen molar-refractivity contribution >= 4 is 11.6 Å². The van der Waals surface area contributed by atoms with Gasteiger partial charge >= 0.3 is 0 Å². The molecule has 0 amide bonds. The highest BCUT2D eigenvalue weighted by Crippen LogP contribution is 1.96. The average Bonchev–Trinajstić information content (AvgIpc) is 2.14. The smallest absolute Gasteiger partial charge is 0.159 e. The Bertz CT molecular complexity index is 174. The molecule has 1 N–H and O–H groups in total. The molecule has 0 aliphatic heterocycles. The first-order valence-corrected chi connectivity index (χ1v) is 2.65. The van der Waals surface area contributed by atoms with E-state index >= 15 is 0 Å². The van der Waals surface area contributed by atoms with Crippen molar-refractivity contribution in [3.63, 3.8) is 0 Å². The number of halogens is 1. The third-order valence-corrected chi connectivity index (χ3v) is 1.05. The molecular weight excluding hydrogens is 128 g/mol. The monoisotopic (exact) mass is 132 g/mol. The van der Waals surface area contributed by atoms with Gasteiger partial charge in [-0.3, -0.25) is 0 Å². The molecule has 0 unspecified atom stereocenters. The summed E-state index contributed by atoms with van der Waals surface area (Å²) >= 11 is 5.33. The molecule has 3 nitrogen and oxygen atoms in total. The molecule has 0 radical (unpaired) electrons. The second-order valence-corrected chi connectivity index (χ2v) is 1.59. The summed E-state index contributed by atoms with van der Waals surface area (Å²) in [6, 6.07) is 0. The number of nitrogens with zero attached hydrogens (tertiary/aromatic N) is 2. The molecule has 0 saturated heterocycles. The normalized spacial score (nSPS) is 9.62. The Hall–Kier alpha value is -0.700. The highest BCUT2D eigenvalue weighted by Gasteiger charge is 1.94. The molecule has 0 spiro atoms. The molecule has 1 aromatic rings. The molecule has 0 aliphatic carbocycles. The lowest BCUT2D eigenvalue weighted by molar-refractivity contribution is 0.178. The summed E-state index contributed by atoms with van der Waals surface area (Å²) in [7, 11) is 0. The van der Waals surface area contributed by atoms with Gasteiger partial charge in [0.25, 0.3) is 0 Å². The van der Waals surface area contributed by atoms with Crippen LogP contribution >= 0.6 is 11.6 Å². The molecule has 0 fully saturated rings. The second-order valence-electron chi connectivity index (χ2n) is 1.32. The van der Waals surface area contributed by atoms with Crippen LogP contribution in [0, 0.1) is 0 Å². The summed E-state index contributed by atoms with van der Waals surface area (Å²) < 4.78 is 0.896. The summed E-state index contributed by atoms with van der Waals surface area (Å²) in [4.78, 5) is 3.72. The van der Waals surface area contributed by atoms with E-state index in [1.165, 1.54) is 12.4 Å². The van der Waals surface area contributed by atoms with Crippen molar-refractivity contribution in [2.24, 2.45) is 0 Å². The van der Waals surface area contributed by atoms with Crippen LogP contribution in [-0.2, 0) is 5.88 Å². The van der Waals surface area contributed by atoms with Crippen LogP contribution in [0.25, 0.3) is 0 Å². The molecule has 44 valence electrons. The Morgan fingerprint density at radius 1 is 1.88 bits per heavy atom. The van der Waals surface area contributed by atoms with Crippen molar-refractivity contribution < 1.29 is 5.21 Å². The Labute approximate surface area is 51.5 Å². The van der Waals surface area contributed by atoms with E-state index in [1.807, 2.05) is 0 Å². The Morgan fingerprint density at radius 2 is 2.62 bits per heavy atom. The van der Waals surface area contributed by atoms with Crippen molar-refractivity contribution in [1.82, 2.24) is 9.71 Å². The maximum atomic E-state index is 8.72. The fourth-order valence-electron chi connectivity index (χ4n) is 0.423. The zero-order valence-electron chi connectivity index (χ0n) is 4.08. The highest BCUT2D eigenvalue weighted by molar-refractivity contribution is 6.16. The number of hydrogen-bond acceptors (Lipinski definition) is 2. The van der Waals surface area contributed by atoms with Crippen LogP contribution in [0.5, 0.6) is 0 Å². The van der Waals surface area contributed by atoms with Gasteiger partial charge in [0.1, 0.15) is 0 Å². The van der Waals surface area contributed by atoms with Gasteiger partial charge in [0.2, 0.25) is 0 Å². The zero-order chi connectivity index (χ0) is 5.98. The molecule has 1 aromatic heterocycles. The Morgan fingerprint density at radius 3 is 2.88 bits per heavy atom. The minimum Gasteiger partial charge on any atom is -0.427 e. The minimum absolute atomic E-state index is 0.240. The molecule has 1 rings (SSSR count). The van der Waals surface area contributed by atoms with E-state index in [0.29, 0.717) is 5.82 Å². The van der Waals surface area contributed by atoms with Gasteiger partial charge in [-0.2, -0.15) is 4.73 Å². The fourth-order valence-corrected chi connectivity index (χ4v) is 0.615. The number of imidazole rings is 1. The molecule has 0 atom stereocenters. The van der Waals surface area contributed by atoms with Crippen LogP contribution in [0.15, 0.2) is 12.4 Å². The first kappa shape index (κ1) is 5.44. The minimum atomic E-state index is 0.240. The topological polar surface area (TPSA) is 38.0 Å². The van der Waals surface area contributed by atoms with E-state index in [9.17, 15) is 0 Å². The van der Waals surface area contributed by atoms with Crippen molar-refractivity contribution in [2.75, 3.05) is 0 Å². The molecule has 0 bridgehead atoms. The maximum absolute atomic E-state index is 8.72. The number of alkyl halides is 1. The molecule has 0 aromatic carbocycles. The van der Waals surface area contributed by atoms with Crippen LogP contribution in [0.1, 0.15) is 5.82 Å². The maximum Gasteiger partial charge on any atom is 0.159 e. The molecule has 0 saturated carbocycles.